The summed E-state index contributed by atoms with van der Waals surface area (Å²) in [7, 11) is 0. The highest BCUT2D eigenvalue weighted by molar-refractivity contribution is 5.72. The van der Waals surface area contributed by atoms with Gasteiger partial charge in [-0.15, -0.1) is 0 Å². The fourth-order valence-corrected chi connectivity index (χ4v) is 2.09. The number of hydrogen-bond donors (Lipinski definition) is 2. The lowest BCUT2D eigenvalue weighted by Crippen LogP contribution is -2.23. The Balaban J connectivity index is 2.59. The molecule has 0 unspecified atom stereocenters. The van der Waals surface area contributed by atoms with Crippen LogP contribution in [0.25, 0.3) is 0 Å². The Labute approximate surface area is 116 Å². The topological polar surface area (TPSA) is 61.8 Å². The Morgan fingerprint density at radius 2 is 2.05 bits per heavy atom. The van der Waals surface area contributed by atoms with Gasteiger partial charge in [0, 0.05) is 6.54 Å². The van der Waals surface area contributed by atoms with Gasteiger partial charge < -0.3 is 11.1 Å². The second-order valence-electron chi connectivity index (χ2n) is 5.85. The van der Waals surface area contributed by atoms with Crippen LogP contribution in [0.15, 0.2) is 18.2 Å². The first kappa shape index (κ1) is 15.4. The molecule has 1 aromatic rings. The second kappa shape index (κ2) is 7.04. The van der Waals surface area contributed by atoms with E-state index in [0.29, 0.717) is 11.3 Å². The maximum atomic E-state index is 8.96. The number of nitrogens with one attached hydrogen (secondary N) is 1. The molecule has 0 saturated heterocycles. The number of benzene rings is 1. The average molecular weight is 259 g/mol. The van der Waals surface area contributed by atoms with Crippen molar-refractivity contribution in [1.29, 1.82) is 5.26 Å². The zero-order chi connectivity index (χ0) is 14.3. The maximum absolute atomic E-state index is 8.96. The SMILES string of the molecule is CCCCCC(C)(C)CNc1cccc(C#N)c1N. The highest BCUT2D eigenvalue weighted by Crippen LogP contribution is 2.27. The number of nitrogens with two attached hydrogens (primary N) is 1. The first-order chi connectivity index (χ1) is 9.00. The van der Waals surface area contributed by atoms with Gasteiger partial charge in [0.2, 0.25) is 0 Å². The van der Waals surface area contributed by atoms with Crippen molar-refractivity contribution in [2.45, 2.75) is 46.5 Å². The summed E-state index contributed by atoms with van der Waals surface area (Å²) in [5.41, 5.74) is 8.15. The summed E-state index contributed by atoms with van der Waals surface area (Å²) < 4.78 is 0. The van der Waals surface area contributed by atoms with Crippen molar-refractivity contribution in [2.24, 2.45) is 5.41 Å². The van der Waals surface area contributed by atoms with E-state index in [9.17, 15) is 0 Å². The van der Waals surface area contributed by atoms with Crippen LogP contribution in [0.3, 0.4) is 0 Å². The van der Waals surface area contributed by atoms with Crippen LogP contribution in [0, 0.1) is 16.7 Å². The van der Waals surface area contributed by atoms with E-state index >= 15 is 0 Å². The Kier molecular flexibility index (Phi) is 5.69. The van der Waals surface area contributed by atoms with E-state index in [0.717, 1.165) is 12.2 Å². The van der Waals surface area contributed by atoms with E-state index in [1.165, 1.54) is 25.7 Å². The van der Waals surface area contributed by atoms with Crippen molar-refractivity contribution in [1.82, 2.24) is 0 Å². The fraction of sp³-hybridized carbons (Fsp3) is 0.562. The molecule has 0 fully saturated rings. The molecule has 0 amide bonds. The number of nitrogen functional groups attached to an aromatic ring is 1. The van der Waals surface area contributed by atoms with E-state index < -0.39 is 0 Å². The second-order valence-corrected chi connectivity index (χ2v) is 5.85. The van der Waals surface area contributed by atoms with Crippen molar-refractivity contribution in [3.8, 4) is 6.07 Å². The predicted molar refractivity (Wildman–Crippen MR) is 82.0 cm³/mol. The number of unbranched alkanes of at least 4 members (excludes halogenated alkanes) is 2. The van der Waals surface area contributed by atoms with E-state index in [1.54, 1.807) is 6.07 Å². The number of anilines is 2. The summed E-state index contributed by atoms with van der Waals surface area (Å²) in [6, 6.07) is 7.64. The van der Waals surface area contributed by atoms with Gasteiger partial charge in [-0.2, -0.15) is 5.26 Å². The molecule has 1 aromatic carbocycles. The number of rotatable bonds is 7. The van der Waals surface area contributed by atoms with Crippen molar-refractivity contribution in [3.05, 3.63) is 23.8 Å². The van der Waals surface area contributed by atoms with Crippen LogP contribution in [0.4, 0.5) is 11.4 Å². The molecule has 3 N–H and O–H groups in total. The molecule has 0 aliphatic rings. The standard InChI is InChI=1S/C16H25N3/c1-4-5-6-10-16(2,3)12-19-14-9-7-8-13(11-17)15(14)18/h7-9,19H,4-6,10,12,18H2,1-3H3. The molecule has 0 spiro atoms. The van der Waals surface area contributed by atoms with Crippen molar-refractivity contribution in [2.75, 3.05) is 17.6 Å². The summed E-state index contributed by atoms with van der Waals surface area (Å²) in [4.78, 5) is 0. The van der Waals surface area contributed by atoms with Crippen LogP contribution in [0.5, 0.6) is 0 Å². The normalized spacial score (nSPS) is 11.1. The van der Waals surface area contributed by atoms with Crippen LogP contribution < -0.4 is 11.1 Å². The number of nitriles is 1. The van der Waals surface area contributed by atoms with Crippen LogP contribution in [-0.4, -0.2) is 6.54 Å². The van der Waals surface area contributed by atoms with Gasteiger partial charge in [0.15, 0.2) is 0 Å². The summed E-state index contributed by atoms with van der Waals surface area (Å²) in [6.07, 6.45) is 5.00. The smallest absolute Gasteiger partial charge is 0.101 e. The van der Waals surface area contributed by atoms with E-state index in [4.69, 9.17) is 11.0 Å². The molecule has 0 aliphatic heterocycles. The molecule has 1 rings (SSSR count). The first-order valence-corrected chi connectivity index (χ1v) is 7.02. The average Bonchev–Trinajstić information content (AvgIpc) is 2.38. The summed E-state index contributed by atoms with van der Waals surface area (Å²) >= 11 is 0. The van der Waals surface area contributed by atoms with Crippen molar-refractivity contribution < 1.29 is 0 Å². The quantitative estimate of drug-likeness (QED) is 0.571. The molecule has 3 heteroatoms. The minimum absolute atomic E-state index is 0.240. The number of nitrogens with zero attached hydrogens (tertiary/aromatic N) is 1. The summed E-state index contributed by atoms with van der Waals surface area (Å²) in [6.45, 7) is 7.62. The van der Waals surface area contributed by atoms with E-state index in [2.05, 4.69) is 32.2 Å². The molecule has 19 heavy (non-hydrogen) atoms. The zero-order valence-electron chi connectivity index (χ0n) is 12.3. The molecule has 0 heterocycles. The highest BCUT2D eigenvalue weighted by atomic mass is 14.9. The van der Waals surface area contributed by atoms with Gasteiger partial charge in [0.1, 0.15) is 6.07 Å². The lowest BCUT2D eigenvalue weighted by atomic mass is 9.87. The summed E-state index contributed by atoms with van der Waals surface area (Å²) in [5.74, 6) is 0. The monoisotopic (exact) mass is 259 g/mol. The fourth-order valence-electron chi connectivity index (χ4n) is 2.09. The molecule has 0 radical (unpaired) electrons. The lowest BCUT2D eigenvalue weighted by Gasteiger charge is -2.26. The van der Waals surface area contributed by atoms with Crippen LogP contribution in [0.1, 0.15) is 52.0 Å². The van der Waals surface area contributed by atoms with Gasteiger partial charge in [-0.3, -0.25) is 0 Å². The Morgan fingerprint density at radius 1 is 1.32 bits per heavy atom. The largest absolute Gasteiger partial charge is 0.396 e. The van der Waals surface area contributed by atoms with Crippen LogP contribution >= 0.6 is 0 Å². The minimum atomic E-state index is 0.240. The van der Waals surface area contributed by atoms with E-state index in [-0.39, 0.29) is 5.41 Å². The Morgan fingerprint density at radius 3 is 2.68 bits per heavy atom. The van der Waals surface area contributed by atoms with Gasteiger partial charge in [-0.1, -0.05) is 46.1 Å². The third kappa shape index (κ3) is 4.82. The van der Waals surface area contributed by atoms with Gasteiger partial charge in [0.05, 0.1) is 16.9 Å². The number of hydrogen-bond acceptors (Lipinski definition) is 3. The third-order valence-electron chi connectivity index (χ3n) is 3.44. The summed E-state index contributed by atoms with van der Waals surface area (Å²) in [5, 5.41) is 12.3. The zero-order valence-corrected chi connectivity index (χ0v) is 12.3. The third-order valence-corrected chi connectivity index (χ3v) is 3.44. The van der Waals surface area contributed by atoms with Gasteiger partial charge in [0.25, 0.3) is 0 Å². The molecule has 0 aromatic heterocycles. The molecule has 0 saturated carbocycles. The molecular weight excluding hydrogens is 234 g/mol. The Hall–Kier alpha value is -1.69. The van der Waals surface area contributed by atoms with Crippen LogP contribution in [-0.2, 0) is 0 Å². The predicted octanol–water partition coefficient (Wildman–Crippen LogP) is 4.16. The van der Waals surface area contributed by atoms with E-state index in [1.807, 2.05) is 12.1 Å². The minimum Gasteiger partial charge on any atom is -0.396 e. The highest BCUT2D eigenvalue weighted by Gasteiger charge is 2.17. The Bertz CT molecular complexity index is 444. The van der Waals surface area contributed by atoms with Gasteiger partial charge >= 0.3 is 0 Å². The molecule has 0 bridgehead atoms. The van der Waals surface area contributed by atoms with Crippen molar-refractivity contribution >= 4 is 11.4 Å². The molecule has 0 aliphatic carbocycles. The molecule has 3 nitrogen and oxygen atoms in total. The first-order valence-electron chi connectivity index (χ1n) is 7.02. The molecule has 0 atom stereocenters. The van der Waals surface area contributed by atoms with Gasteiger partial charge in [-0.25, -0.2) is 0 Å². The van der Waals surface area contributed by atoms with Gasteiger partial charge in [-0.05, 0) is 24.0 Å². The maximum Gasteiger partial charge on any atom is 0.101 e. The molecule has 104 valence electrons. The number of para-hydroxylation sites is 1. The van der Waals surface area contributed by atoms with Crippen molar-refractivity contribution in [3.63, 3.8) is 0 Å². The molecular formula is C16H25N3. The van der Waals surface area contributed by atoms with Crippen LogP contribution in [0.2, 0.25) is 0 Å². The lowest BCUT2D eigenvalue weighted by molar-refractivity contribution is 0.342.